The van der Waals surface area contributed by atoms with Gasteiger partial charge in [0.25, 0.3) is 0 Å². The van der Waals surface area contributed by atoms with Gasteiger partial charge in [-0.15, -0.1) is 0 Å². The maximum atomic E-state index is 13.0. The summed E-state index contributed by atoms with van der Waals surface area (Å²) in [5.41, 5.74) is 1.41. The van der Waals surface area contributed by atoms with Crippen LogP contribution in [0, 0.1) is 12.7 Å². The van der Waals surface area contributed by atoms with Crippen LogP contribution in [-0.2, 0) is 6.61 Å². The van der Waals surface area contributed by atoms with Gasteiger partial charge in [0.1, 0.15) is 18.2 Å². The fourth-order valence-corrected chi connectivity index (χ4v) is 1.56. The summed E-state index contributed by atoms with van der Waals surface area (Å²) in [5, 5.41) is 0.561. The van der Waals surface area contributed by atoms with Crippen LogP contribution in [0.5, 0.6) is 5.75 Å². The second kappa shape index (κ2) is 5.15. The molecular weight excluding hydrogens is 241 g/mol. The van der Waals surface area contributed by atoms with Gasteiger partial charge in [0.2, 0.25) is 0 Å². The topological polar surface area (TPSA) is 22.1 Å². The zero-order valence-electron chi connectivity index (χ0n) is 9.28. The van der Waals surface area contributed by atoms with Crippen molar-refractivity contribution in [1.29, 1.82) is 0 Å². The van der Waals surface area contributed by atoms with Crippen LogP contribution in [0.15, 0.2) is 36.7 Å². The molecule has 88 valence electrons. The highest BCUT2D eigenvalue weighted by atomic mass is 35.5. The summed E-state index contributed by atoms with van der Waals surface area (Å²) >= 11 is 5.94. The summed E-state index contributed by atoms with van der Waals surface area (Å²) < 4.78 is 18.6. The molecule has 0 saturated heterocycles. The molecule has 2 rings (SSSR count). The number of hydrogen-bond acceptors (Lipinski definition) is 2. The number of aromatic nitrogens is 1. The van der Waals surface area contributed by atoms with Gasteiger partial charge in [-0.25, -0.2) is 4.39 Å². The molecule has 0 radical (unpaired) electrons. The van der Waals surface area contributed by atoms with Crippen molar-refractivity contribution in [2.24, 2.45) is 0 Å². The minimum Gasteiger partial charge on any atom is -0.489 e. The van der Waals surface area contributed by atoms with Crippen LogP contribution in [0.3, 0.4) is 0 Å². The van der Waals surface area contributed by atoms with Crippen LogP contribution in [0.4, 0.5) is 4.39 Å². The lowest BCUT2D eigenvalue weighted by Gasteiger charge is -2.08. The molecule has 0 N–H and O–H groups in total. The molecule has 0 atom stereocenters. The molecule has 1 aromatic carbocycles. The quantitative estimate of drug-likeness (QED) is 0.829. The molecule has 0 unspecified atom stereocenters. The molecule has 2 nitrogen and oxygen atoms in total. The summed E-state index contributed by atoms with van der Waals surface area (Å²) in [5.74, 6) is 0.385. The summed E-state index contributed by atoms with van der Waals surface area (Å²) in [6, 6.07) is 6.43. The summed E-state index contributed by atoms with van der Waals surface area (Å²) in [6.45, 7) is 2.04. The molecule has 4 heteroatoms. The van der Waals surface area contributed by atoms with E-state index in [1.807, 2.05) is 0 Å². The van der Waals surface area contributed by atoms with Crippen molar-refractivity contribution < 1.29 is 9.13 Å². The summed E-state index contributed by atoms with van der Waals surface area (Å²) in [7, 11) is 0. The first kappa shape index (κ1) is 11.9. The molecule has 0 aliphatic rings. The van der Waals surface area contributed by atoms with E-state index in [-0.39, 0.29) is 5.82 Å². The molecule has 1 heterocycles. The van der Waals surface area contributed by atoms with E-state index in [1.165, 1.54) is 6.07 Å². The fourth-order valence-electron chi connectivity index (χ4n) is 1.39. The third-order valence-electron chi connectivity index (χ3n) is 2.38. The predicted molar refractivity (Wildman–Crippen MR) is 64.7 cm³/mol. The molecule has 1 aromatic heterocycles. The van der Waals surface area contributed by atoms with E-state index in [2.05, 4.69) is 4.98 Å². The van der Waals surface area contributed by atoms with E-state index in [9.17, 15) is 4.39 Å². The molecule has 0 amide bonds. The van der Waals surface area contributed by atoms with E-state index in [1.54, 1.807) is 37.5 Å². The van der Waals surface area contributed by atoms with Crippen LogP contribution in [-0.4, -0.2) is 4.98 Å². The lowest BCUT2D eigenvalue weighted by atomic mass is 10.2. The molecule has 2 aromatic rings. The molecular formula is C13H11ClFNO. The molecule has 0 aliphatic carbocycles. The zero-order valence-corrected chi connectivity index (χ0v) is 10.0. The largest absolute Gasteiger partial charge is 0.489 e. The van der Waals surface area contributed by atoms with Crippen LogP contribution < -0.4 is 4.74 Å². The van der Waals surface area contributed by atoms with E-state index in [0.717, 1.165) is 5.56 Å². The number of hydrogen-bond donors (Lipinski definition) is 0. The molecule has 17 heavy (non-hydrogen) atoms. The van der Waals surface area contributed by atoms with Crippen molar-refractivity contribution in [3.63, 3.8) is 0 Å². The number of pyridine rings is 1. The second-order valence-electron chi connectivity index (χ2n) is 3.67. The third kappa shape index (κ3) is 2.94. The minimum atomic E-state index is -0.237. The Hall–Kier alpha value is -1.61. The van der Waals surface area contributed by atoms with Gasteiger partial charge in [-0.05, 0) is 36.8 Å². The van der Waals surface area contributed by atoms with E-state index < -0.39 is 0 Å². The van der Waals surface area contributed by atoms with Gasteiger partial charge < -0.3 is 4.74 Å². The number of rotatable bonds is 3. The summed E-state index contributed by atoms with van der Waals surface area (Å²) in [4.78, 5) is 3.89. The van der Waals surface area contributed by atoms with Crippen molar-refractivity contribution in [2.45, 2.75) is 13.5 Å². The first-order chi connectivity index (χ1) is 8.16. The first-order valence-corrected chi connectivity index (χ1v) is 5.52. The number of benzene rings is 1. The van der Waals surface area contributed by atoms with Gasteiger partial charge in [0.15, 0.2) is 0 Å². The Morgan fingerprint density at radius 3 is 2.88 bits per heavy atom. The second-order valence-corrected chi connectivity index (χ2v) is 4.07. The SMILES string of the molecule is Cc1cc(OCc2ccncc2Cl)ccc1F. The normalized spacial score (nSPS) is 10.3. The maximum Gasteiger partial charge on any atom is 0.126 e. The standard InChI is InChI=1S/C13H11ClFNO/c1-9-6-11(2-3-13(9)15)17-8-10-4-5-16-7-12(10)14/h2-7H,8H2,1H3. The lowest BCUT2D eigenvalue weighted by Crippen LogP contribution is -1.97. The van der Waals surface area contributed by atoms with E-state index >= 15 is 0 Å². The predicted octanol–water partition coefficient (Wildman–Crippen LogP) is 3.76. The Morgan fingerprint density at radius 1 is 1.35 bits per heavy atom. The van der Waals surface area contributed by atoms with Crippen molar-refractivity contribution >= 4 is 11.6 Å². The van der Waals surface area contributed by atoms with E-state index in [4.69, 9.17) is 16.3 Å². The Bertz CT molecular complexity index is 531. The van der Waals surface area contributed by atoms with Gasteiger partial charge in [-0.2, -0.15) is 0 Å². The average molecular weight is 252 g/mol. The highest BCUT2D eigenvalue weighted by Gasteiger charge is 2.03. The van der Waals surface area contributed by atoms with Crippen molar-refractivity contribution in [2.75, 3.05) is 0 Å². The Labute approximate surface area is 104 Å². The Balaban J connectivity index is 2.08. The first-order valence-electron chi connectivity index (χ1n) is 5.14. The van der Waals surface area contributed by atoms with Crippen LogP contribution in [0.1, 0.15) is 11.1 Å². The van der Waals surface area contributed by atoms with Crippen molar-refractivity contribution in [3.8, 4) is 5.75 Å². The van der Waals surface area contributed by atoms with Gasteiger partial charge >= 0.3 is 0 Å². The number of halogens is 2. The maximum absolute atomic E-state index is 13.0. The number of aryl methyl sites for hydroxylation is 1. The van der Waals surface area contributed by atoms with Crippen LogP contribution in [0.25, 0.3) is 0 Å². The third-order valence-corrected chi connectivity index (χ3v) is 2.72. The van der Waals surface area contributed by atoms with E-state index in [0.29, 0.717) is 22.9 Å². The fraction of sp³-hybridized carbons (Fsp3) is 0.154. The molecule has 0 spiro atoms. The smallest absolute Gasteiger partial charge is 0.126 e. The van der Waals surface area contributed by atoms with Gasteiger partial charge in [-0.1, -0.05) is 11.6 Å². The minimum absolute atomic E-state index is 0.237. The average Bonchev–Trinajstić information content (AvgIpc) is 2.32. The molecule has 0 bridgehead atoms. The highest BCUT2D eigenvalue weighted by molar-refractivity contribution is 6.31. The molecule has 0 fully saturated rings. The van der Waals surface area contributed by atoms with Crippen molar-refractivity contribution in [1.82, 2.24) is 4.98 Å². The summed E-state index contributed by atoms with van der Waals surface area (Å²) in [6.07, 6.45) is 3.22. The van der Waals surface area contributed by atoms with Crippen LogP contribution in [0.2, 0.25) is 5.02 Å². The van der Waals surface area contributed by atoms with Gasteiger partial charge in [0, 0.05) is 18.0 Å². The van der Waals surface area contributed by atoms with Gasteiger partial charge in [-0.3, -0.25) is 4.98 Å². The molecule has 0 aliphatic heterocycles. The molecule has 0 saturated carbocycles. The monoisotopic (exact) mass is 251 g/mol. The Kier molecular flexibility index (Phi) is 3.59. The highest BCUT2D eigenvalue weighted by Crippen LogP contribution is 2.19. The van der Waals surface area contributed by atoms with Gasteiger partial charge in [0.05, 0.1) is 5.02 Å². The number of nitrogens with zero attached hydrogens (tertiary/aromatic N) is 1. The number of ether oxygens (including phenoxy) is 1. The lowest BCUT2D eigenvalue weighted by molar-refractivity contribution is 0.305. The Morgan fingerprint density at radius 2 is 2.18 bits per heavy atom. The van der Waals surface area contributed by atoms with Crippen molar-refractivity contribution in [3.05, 3.63) is 58.6 Å². The zero-order chi connectivity index (χ0) is 12.3. The van der Waals surface area contributed by atoms with Crippen LogP contribution >= 0.6 is 11.6 Å².